The fraction of sp³-hybridized carbons (Fsp3) is 0.667. The van der Waals surface area contributed by atoms with Gasteiger partial charge in [-0.05, 0) is 0 Å². The molecule has 0 aliphatic heterocycles. The minimum atomic E-state index is -1.75. The zero-order valence-corrected chi connectivity index (χ0v) is 9.22. The first kappa shape index (κ1) is 21.3. The zero-order valence-electron chi connectivity index (χ0n) is 9.22. The second kappa shape index (κ2) is 13.0. The summed E-state index contributed by atoms with van der Waals surface area (Å²) in [4.78, 5) is 27.6. The van der Waals surface area contributed by atoms with Crippen LogP contribution in [-0.2, 0) is 9.59 Å². The highest BCUT2D eigenvalue weighted by Crippen LogP contribution is 1.67. The molecule has 12 heteroatoms. The van der Waals surface area contributed by atoms with E-state index < -0.39 is 42.3 Å². The molecule has 2 atom stereocenters. The minimum Gasteiger partial charge on any atom is -0.544 e. The van der Waals surface area contributed by atoms with E-state index in [1.807, 2.05) is 0 Å². The molecule has 0 bridgehead atoms. The zero-order chi connectivity index (χ0) is 15.3. The molecule has 18 heavy (non-hydrogen) atoms. The Labute approximate surface area is 100 Å². The van der Waals surface area contributed by atoms with Crippen molar-refractivity contribution < 1.29 is 46.6 Å². The number of hydrogen-bond donors (Lipinski definition) is 5. The molecule has 0 fully saturated rings. The van der Waals surface area contributed by atoms with Crippen LogP contribution in [0, 0.1) is 15.3 Å². The van der Waals surface area contributed by atoms with Gasteiger partial charge in [-0.3, -0.25) is 0 Å². The molecule has 0 saturated carbocycles. The van der Waals surface area contributed by atoms with Crippen LogP contribution in [0.1, 0.15) is 0 Å². The molecular weight excluding hydrogens is 258 g/mol. The molecule has 0 aromatic rings. The summed E-state index contributed by atoms with van der Waals surface area (Å²) in [7, 11) is 0. The predicted octanol–water partition coefficient (Wildman–Crippen LogP) is -6.23. The van der Waals surface area contributed by atoms with Gasteiger partial charge in [-0.25, -0.2) is 4.79 Å². The molecule has 12 nitrogen and oxygen atoms in total. The van der Waals surface area contributed by atoms with Gasteiger partial charge in [0.1, 0.15) is 25.2 Å². The van der Waals surface area contributed by atoms with Crippen molar-refractivity contribution in [2.24, 2.45) is 0 Å². The van der Waals surface area contributed by atoms with Crippen molar-refractivity contribution in [3.8, 4) is 0 Å². The summed E-state index contributed by atoms with van der Waals surface area (Å²) in [6.45, 7) is -0.850. The molecule has 0 rings (SSSR count). The Balaban J connectivity index is -0.000000196. The smallest absolute Gasteiger partial charge is 0.364 e. The lowest BCUT2D eigenvalue weighted by Crippen LogP contribution is -2.70. The third kappa shape index (κ3) is 23.6. The Morgan fingerprint density at radius 2 is 1.39 bits per heavy atom. The number of aliphatic hydroxyl groups is 2. The first-order valence-electron chi connectivity index (χ1n) is 4.23. The fourth-order valence-electron chi connectivity index (χ4n) is 0.153. The van der Waals surface area contributed by atoms with Crippen molar-refractivity contribution in [1.82, 2.24) is 0 Å². The van der Waals surface area contributed by atoms with Crippen molar-refractivity contribution in [3.05, 3.63) is 15.3 Å². The third-order valence-electron chi connectivity index (χ3n) is 1.12. The van der Waals surface area contributed by atoms with Crippen LogP contribution in [0.2, 0.25) is 0 Å². The Kier molecular flexibility index (Phi) is 15.4. The molecule has 9 N–H and O–H groups in total. The molecule has 0 aliphatic rings. The van der Waals surface area contributed by atoms with Crippen LogP contribution in [0.25, 0.3) is 0 Å². The van der Waals surface area contributed by atoms with Crippen LogP contribution in [0.3, 0.4) is 0 Å². The number of aliphatic carboxylic acids is 2. The largest absolute Gasteiger partial charge is 0.544 e. The summed E-state index contributed by atoms with van der Waals surface area (Å²) < 4.78 is 0. The van der Waals surface area contributed by atoms with Gasteiger partial charge in [-0.15, -0.1) is 0 Å². The van der Waals surface area contributed by atoms with Gasteiger partial charge in [-0.2, -0.15) is 0 Å². The summed E-state index contributed by atoms with van der Waals surface area (Å²) in [6.07, 6.45) is 0. The number of aliphatic hydroxyl groups excluding tert-OH is 2. The average molecular weight is 273 g/mol. The van der Waals surface area contributed by atoms with E-state index in [4.69, 9.17) is 30.6 Å². The number of hydrogen-bond acceptors (Lipinski definition) is 8. The van der Waals surface area contributed by atoms with Gasteiger partial charge < -0.3 is 52.0 Å². The molecule has 0 unspecified atom stereocenters. The van der Waals surface area contributed by atoms with E-state index >= 15 is 0 Å². The molecule has 0 radical (unpaired) electrons. The highest BCUT2D eigenvalue weighted by Gasteiger charge is 2.11. The highest BCUT2D eigenvalue weighted by molar-refractivity contribution is 5.71. The maximum absolute atomic E-state index is 9.71. The number of carboxylic acid groups (broad SMARTS) is 2. The van der Waals surface area contributed by atoms with Crippen LogP contribution in [0.5, 0.6) is 0 Å². The van der Waals surface area contributed by atoms with Crippen molar-refractivity contribution >= 4 is 11.9 Å². The Bertz CT molecular complexity index is 235. The third-order valence-corrected chi connectivity index (χ3v) is 1.12. The lowest BCUT2D eigenvalue weighted by Gasteiger charge is -2.02. The summed E-state index contributed by atoms with van der Waals surface area (Å²) in [5.74, 6) is -2.38. The Morgan fingerprint density at radius 1 is 1.11 bits per heavy atom. The van der Waals surface area contributed by atoms with Gasteiger partial charge in [0.15, 0.2) is 0 Å². The van der Waals surface area contributed by atoms with Crippen LogP contribution in [0.4, 0.5) is 0 Å². The van der Waals surface area contributed by atoms with Crippen molar-refractivity contribution in [1.29, 1.82) is 0 Å². The van der Waals surface area contributed by atoms with Gasteiger partial charge in [0.25, 0.3) is 0 Å². The van der Waals surface area contributed by atoms with Gasteiger partial charge in [0.05, 0.1) is 5.09 Å². The van der Waals surface area contributed by atoms with E-state index in [0.717, 1.165) is 0 Å². The number of quaternary nitrogens is 2. The van der Waals surface area contributed by atoms with Gasteiger partial charge in [0, 0.05) is 0 Å². The second-order valence-corrected chi connectivity index (χ2v) is 2.64. The molecule has 0 amide bonds. The first-order valence-corrected chi connectivity index (χ1v) is 4.23. The van der Waals surface area contributed by atoms with Crippen molar-refractivity contribution in [2.75, 3.05) is 13.2 Å². The standard InChI is InChI=1S/2C3H7NO3.NO3/c2*4-2(1-5)3(6)7;2-1(3)4/h2*2,5H,1,4H2,(H,6,7);/q;;-1/p+1/t2*2-;/m11./s1. The van der Waals surface area contributed by atoms with Crippen molar-refractivity contribution in [2.45, 2.75) is 12.1 Å². The van der Waals surface area contributed by atoms with Gasteiger partial charge in [0.2, 0.25) is 6.04 Å². The average Bonchev–Trinajstić information content (AvgIpc) is 2.26. The molecule has 108 valence electrons. The number of carbonyl (C=O) groups is 2. The summed E-state index contributed by atoms with van der Waals surface area (Å²) >= 11 is 0. The van der Waals surface area contributed by atoms with E-state index in [1.165, 1.54) is 0 Å². The van der Waals surface area contributed by atoms with Crippen LogP contribution < -0.4 is 16.6 Å². The number of nitrogens with zero attached hydrogens (tertiary/aromatic N) is 1. The Hall–Kier alpha value is -2.02. The van der Waals surface area contributed by atoms with Crippen LogP contribution in [0.15, 0.2) is 0 Å². The van der Waals surface area contributed by atoms with E-state index in [2.05, 4.69) is 11.5 Å². The van der Waals surface area contributed by atoms with E-state index in [1.54, 1.807) is 0 Å². The Morgan fingerprint density at radius 3 is 1.39 bits per heavy atom. The predicted molar refractivity (Wildman–Crippen MR) is 50.5 cm³/mol. The summed E-state index contributed by atoms with van der Waals surface area (Å²) in [5.41, 5.74) is 6.15. The minimum absolute atomic E-state index is 0.394. The molecule has 0 saturated heterocycles. The normalized spacial score (nSPS) is 11.8. The number of carbonyl (C=O) groups excluding carboxylic acids is 1. The lowest BCUT2D eigenvalue weighted by atomic mass is 10.3. The molecule has 0 aliphatic carbocycles. The first-order chi connectivity index (χ1) is 8.09. The highest BCUT2D eigenvalue weighted by atomic mass is 16.9. The fourth-order valence-corrected chi connectivity index (χ4v) is 0.153. The quantitative estimate of drug-likeness (QED) is 0.241. The van der Waals surface area contributed by atoms with Gasteiger partial charge >= 0.3 is 5.97 Å². The summed E-state index contributed by atoms with van der Waals surface area (Å²) in [6, 6.07) is -1.86. The molecule has 0 spiro atoms. The van der Waals surface area contributed by atoms with Gasteiger partial charge in [-0.1, -0.05) is 0 Å². The van der Waals surface area contributed by atoms with Crippen LogP contribution in [-0.4, -0.2) is 57.6 Å². The molecular formula is C6H15N3O9. The SMILES string of the molecule is O=[N+]([O-])[O-].[NH3+][C@H](CO)C(=O)O.[NH3+][C@H](CO)C(=O)[O-]. The van der Waals surface area contributed by atoms with Crippen LogP contribution >= 0.6 is 0 Å². The monoisotopic (exact) mass is 273 g/mol. The molecule has 0 aromatic heterocycles. The summed E-state index contributed by atoms with van der Waals surface area (Å²) in [5, 5.41) is 48.4. The van der Waals surface area contributed by atoms with Crippen molar-refractivity contribution in [3.63, 3.8) is 0 Å². The lowest BCUT2D eigenvalue weighted by molar-refractivity contribution is -0.441. The number of rotatable bonds is 4. The maximum atomic E-state index is 9.71. The van der Waals surface area contributed by atoms with E-state index in [9.17, 15) is 14.7 Å². The second-order valence-electron chi connectivity index (χ2n) is 2.64. The van der Waals surface area contributed by atoms with E-state index in [0.29, 0.717) is 0 Å². The maximum Gasteiger partial charge on any atom is 0.364 e. The number of carboxylic acids is 2. The topological polar surface area (TPSA) is 239 Å². The molecule has 0 aromatic carbocycles. The van der Waals surface area contributed by atoms with E-state index in [-0.39, 0.29) is 0 Å². The molecule has 0 heterocycles.